The van der Waals surface area contributed by atoms with Gasteiger partial charge < -0.3 is 14.3 Å². The summed E-state index contributed by atoms with van der Waals surface area (Å²) in [6.07, 6.45) is 1.61. The molecule has 5 heteroatoms. The lowest BCUT2D eigenvalue weighted by molar-refractivity contribution is 0.373. The third kappa shape index (κ3) is 3.34. The Kier molecular flexibility index (Phi) is 4.57. The largest absolute Gasteiger partial charge is 0.504 e. The van der Waals surface area contributed by atoms with E-state index in [0.29, 0.717) is 17.2 Å². The topological polar surface area (TPSA) is 67.9 Å². The maximum Gasteiger partial charge on any atom is 0.227 e. The van der Waals surface area contributed by atoms with Crippen LogP contribution in [0.4, 0.5) is 5.69 Å². The second-order valence-corrected chi connectivity index (χ2v) is 6.66. The quantitative estimate of drug-likeness (QED) is 0.475. The van der Waals surface area contributed by atoms with Gasteiger partial charge in [-0.2, -0.15) is 0 Å². The summed E-state index contributed by atoms with van der Waals surface area (Å²) in [5.74, 6) is 1.04. The average Bonchev–Trinajstić information content (AvgIpc) is 3.12. The number of hydrogen-bond acceptors (Lipinski definition) is 5. The second kappa shape index (κ2) is 7.19. The number of aromatic hydroxyl groups is 1. The molecule has 1 N–H and O–H groups in total. The van der Waals surface area contributed by atoms with Crippen LogP contribution >= 0.6 is 0 Å². The molecule has 0 bridgehead atoms. The van der Waals surface area contributed by atoms with Gasteiger partial charge in [0.25, 0.3) is 0 Å². The number of phenolic OH excluding ortho intramolecular Hbond substituents is 1. The van der Waals surface area contributed by atoms with Gasteiger partial charge in [0.15, 0.2) is 17.1 Å². The molecule has 1 heterocycles. The van der Waals surface area contributed by atoms with Crippen LogP contribution in [0.2, 0.25) is 0 Å². The number of ether oxygens (including phenoxy) is 1. The van der Waals surface area contributed by atoms with Crippen LogP contribution in [0.3, 0.4) is 0 Å². The van der Waals surface area contributed by atoms with Crippen LogP contribution in [0.25, 0.3) is 22.6 Å². The fourth-order valence-corrected chi connectivity index (χ4v) is 3.17. The molecule has 4 rings (SSSR count). The molecule has 0 fully saturated rings. The van der Waals surface area contributed by atoms with Crippen molar-refractivity contribution in [1.29, 1.82) is 0 Å². The SMILES string of the molecule is COc1cccc(C=Nc2cccc(-c3nc4cc(C)cc(C)c4o3)c2)c1O. The number of hydrogen-bond donors (Lipinski definition) is 1. The molecule has 28 heavy (non-hydrogen) atoms. The first-order chi connectivity index (χ1) is 13.5. The molecule has 0 amide bonds. The van der Waals surface area contributed by atoms with Crippen LogP contribution in [0.5, 0.6) is 11.5 Å². The van der Waals surface area contributed by atoms with E-state index in [1.807, 2.05) is 44.2 Å². The second-order valence-electron chi connectivity index (χ2n) is 6.66. The van der Waals surface area contributed by atoms with Crippen molar-refractivity contribution in [1.82, 2.24) is 4.98 Å². The number of fused-ring (bicyclic) bond motifs is 1. The van der Waals surface area contributed by atoms with E-state index in [4.69, 9.17) is 9.15 Å². The Bertz CT molecular complexity index is 1190. The molecule has 140 valence electrons. The summed E-state index contributed by atoms with van der Waals surface area (Å²) in [6, 6.07) is 17.0. The number of para-hydroxylation sites is 1. The number of phenols is 1. The minimum absolute atomic E-state index is 0.0645. The Morgan fingerprint density at radius 3 is 2.71 bits per heavy atom. The molecule has 4 aromatic rings. The third-order valence-corrected chi connectivity index (χ3v) is 4.52. The van der Waals surface area contributed by atoms with Gasteiger partial charge in [-0.15, -0.1) is 0 Å². The zero-order chi connectivity index (χ0) is 19.7. The third-order valence-electron chi connectivity index (χ3n) is 4.52. The van der Waals surface area contributed by atoms with Gasteiger partial charge in [-0.3, -0.25) is 4.99 Å². The van der Waals surface area contributed by atoms with Crippen LogP contribution in [-0.2, 0) is 0 Å². The van der Waals surface area contributed by atoms with Gasteiger partial charge >= 0.3 is 0 Å². The van der Waals surface area contributed by atoms with E-state index >= 15 is 0 Å². The van der Waals surface area contributed by atoms with Crippen molar-refractivity contribution < 1.29 is 14.3 Å². The van der Waals surface area contributed by atoms with E-state index < -0.39 is 0 Å². The highest BCUT2D eigenvalue weighted by molar-refractivity contribution is 5.87. The number of aromatic nitrogens is 1. The van der Waals surface area contributed by atoms with Gasteiger partial charge in [0, 0.05) is 17.3 Å². The van der Waals surface area contributed by atoms with E-state index in [1.165, 1.54) is 7.11 Å². The van der Waals surface area contributed by atoms with Gasteiger partial charge in [-0.05, 0) is 61.4 Å². The molecule has 0 saturated heterocycles. The summed E-state index contributed by atoms with van der Waals surface area (Å²) in [5, 5.41) is 10.2. The normalized spacial score (nSPS) is 11.4. The van der Waals surface area contributed by atoms with Crippen molar-refractivity contribution in [2.24, 2.45) is 4.99 Å². The van der Waals surface area contributed by atoms with E-state index in [2.05, 4.69) is 16.0 Å². The fourth-order valence-electron chi connectivity index (χ4n) is 3.17. The number of rotatable bonds is 4. The van der Waals surface area contributed by atoms with Crippen molar-refractivity contribution in [3.05, 3.63) is 71.3 Å². The monoisotopic (exact) mass is 372 g/mol. The molecule has 0 aliphatic carbocycles. The highest BCUT2D eigenvalue weighted by Gasteiger charge is 2.11. The number of oxazole rings is 1. The predicted octanol–water partition coefficient (Wildman–Crippen LogP) is 5.58. The van der Waals surface area contributed by atoms with Gasteiger partial charge in [0.05, 0.1) is 12.8 Å². The Labute approximate surface area is 163 Å². The van der Waals surface area contributed by atoms with E-state index in [-0.39, 0.29) is 5.75 Å². The fraction of sp³-hybridized carbons (Fsp3) is 0.130. The molecular weight excluding hydrogens is 352 g/mol. The summed E-state index contributed by atoms with van der Waals surface area (Å²) in [6.45, 7) is 4.07. The summed E-state index contributed by atoms with van der Waals surface area (Å²) in [7, 11) is 1.52. The average molecular weight is 372 g/mol. The van der Waals surface area contributed by atoms with Gasteiger partial charge in [-0.25, -0.2) is 4.98 Å². The molecule has 0 radical (unpaired) electrons. The van der Waals surface area contributed by atoms with Crippen LogP contribution in [0.15, 0.2) is 64.0 Å². The standard InChI is InChI=1S/C23H20N2O3/c1-14-10-15(2)22-19(11-14)25-23(28-22)16-6-4-8-18(12-16)24-13-17-7-5-9-20(27-3)21(17)26/h4-13,26H,1-3H3. The minimum atomic E-state index is 0.0645. The summed E-state index contributed by atoms with van der Waals surface area (Å²) in [5.41, 5.74) is 6.03. The Hall–Kier alpha value is -3.60. The maximum absolute atomic E-state index is 10.2. The van der Waals surface area contributed by atoms with Gasteiger partial charge in [0.2, 0.25) is 5.89 Å². The maximum atomic E-state index is 10.2. The summed E-state index contributed by atoms with van der Waals surface area (Å²) >= 11 is 0. The first kappa shape index (κ1) is 17.8. The van der Waals surface area contributed by atoms with Crippen molar-refractivity contribution in [3.63, 3.8) is 0 Å². The molecule has 1 aromatic heterocycles. The van der Waals surface area contributed by atoms with Crippen LogP contribution in [0, 0.1) is 13.8 Å². The van der Waals surface area contributed by atoms with Crippen LogP contribution in [0.1, 0.15) is 16.7 Å². The molecule has 0 saturated carbocycles. The summed E-state index contributed by atoms with van der Waals surface area (Å²) in [4.78, 5) is 9.10. The molecule has 0 atom stereocenters. The lowest BCUT2D eigenvalue weighted by atomic mass is 10.1. The van der Waals surface area contributed by atoms with Crippen molar-refractivity contribution >= 4 is 23.0 Å². The molecule has 3 aromatic carbocycles. The lowest BCUT2D eigenvalue weighted by Gasteiger charge is -2.05. The Morgan fingerprint density at radius 1 is 1.07 bits per heavy atom. The van der Waals surface area contributed by atoms with Gasteiger partial charge in [0.1, 0.15) is 5.52 Å². The Balaban J connectivity index is 1.68. The van der Waals surface area contributed by atoms with Crippen LogP contribution in [-0.4, -0.2) is 23.4 Å². The van der Waals surface area contributed by atoms with E-state index in [9.17, 15) is 5.11 Å². The van der Waals surface area contributed by atoms with Gasteiger partial charge in [-0.1, -0.05) is 18.2 Å². The summed E-state index contributed by atoms with van der Waals surface area (Å²) < 4.78 is 11.1. The Morgan fingerprint density at radius 2 is 1.89 bits per heavy atom. The zero-order valence-corrected chi connectivity index (χ0v) is 15.9. The first-order valence-electron chi connectivity index (χ1n) is 8.93. The molecule has 0 aliphatic rings. The van der Waals surface area contributed by atoms with Crippen molar-refractivity contribution in [2.45, 2.75) is 13.8 Å². The molecule has 0 unspecified atom stereocenters. The highest BCUT2D eigenvalue weighted by Crippen LogP contribution is 2.31. The lowest BCUT2D eigenvalue weighted by Crippen LogP contribution is -1.88. The number of benzene rings is 3. The number of methoxy groups -OCH3 is 1. The van der Waals surface area contributed by atoms with Crippen LogP contribution < -0.4 is 4.74 Å². The minimum Gasteiger partial charge on any atom is -0.504 e. The zero-order valence-electron chi connectivity index (χ0n) is 15.9. The molecular formula is C23H20N2O3. The molecule has 0 spiro atoms. The van der Waals surface area contributed by atoms with E-state index in [1.54, 1.807) is 24.4 Å². The predicted molar refractivity (Wildman–Crippen MR) is 111 cm³/mol. The highest BCUT2D eigenvalue weighted by atomic mass is 16.5. The van der Waals surface area contributed by atoms with Crippen molar-refractivity contribution in [3.8, 4) is 23.0 Å². The molecule has 5 nitrogen and oxygen atoms in total. The first-order valence-corrected chi connectivity index (χ1v) is 8.93. The number of aryl methyl sites for hydroxylation is 2. The molecule has 0 aliphatic heterocycles. The van der Waals surface area contributed by atoms with E-state index in [0.717, 1.165) is 33.5 Å². The van der Waals surface area contributed by atoms with Crippen molar-refractivity contribution in [2.75, 3.05) is 7.11 Å². The number of aliphatic imine (C=N–C) groups is 1. The number of nitrogens with zero attached hydrogens (tertiary/aromatic N) is 2. The smallest absolute Gasteiger partial charge is 0.227 e.